The fraction of sp³-hybridized carbons (Fsp3) is 0.346. The molecule has 0 spiro atoms. The van der Waals surface area contributed by atoms with Gasteiger partial charge in [-0.05, 0) is 58.7 Å². The molecule has 1 aliphatic rings. The van der Waals surface area contributed by atoms with Gasteiger partial charge in [0.25, 0.3) is 5.91 Å². The number of ether oxygens (including phenoxy) is 2. The van der Waals surface area contributed by atoms with Crippen LogP contribution in [0.5, 0.6) is 0 Å². The van der Waals surface area contributed by atoms with Crippen LogP contribution in [0.2, 0.25) is 0 Å². The van der Waals surface area contributed by atoms with Crippen molar-refractivity contribution in [3.63, 3.8) is 0 Å². The van der Waals surface area contributed by atoms with Crippen molar-refractivity contribution in [2.45, 2.75) is 59.3 Å². The van der Waals surface area contributed by atoms with Crippen molar-refractivity contribution in [1.82, 2.24) is 9.47 Å². The Balaban J connectivity index is 2.02. The molecule has 4 rings (SSSR count). The van der Waals surface area contributed by atoms with Gasteiger partial charge in [-0.3, -0.25) is 4.79 Å². The quantitative estimate of drug-likeness (QED) is 0.423. The molecule has 0 bridgehead atoms. The van der Waals surface area contributed by atoms with Crippen LogP contribution in [0.1, 0.15) is 57.6 Å². The number of imide groups is 1. The van der Waals surface area contributed by atoms with Crippen LogP contribution >= 0.6 is 0 Å². The van der Waals surface area contributed by atoms with Crippen molar-refractivity contribution < 1.29 is 23.9 Å². The van der Waals surface area contributed by atoms with E-state index in [9.17, 15) is 14.4 Å². The molecule has 0 saturated heterocycles. The van der Waals surface area contributed by atoms with E-state index in [0.717, 1.165) is 21.4 Å². The summed E-state index contributed by atoms with van der Waals surface area (Å²) in [4.78, 5) is 41.4. The van der Waals surface area contributed by atoms with Crippen molar-refractivity contribution in [2.24, 2.45) is 0 Å². The lowest BCUT2D eigenvalue weighted by Gasteiger charge is -2.26. The van der Waals surface area contributed by atoms with Gasteiger partial charge in [0.15, 0.2) is 0 Å². The smallest absolute Gasteiger partial charge is 0.419 e. The van der Waals surface area contributed by atoms with Gasteiger partial charge in [0.2, 0.25) is 0 Å². The number of benzene rings is 2. The molecule has 0 aliphatic carbocycles. The minimum atomic E-state index is -0.788. The summed E-state index contributed by atoms with van der Waals surface area (Å²) in [5.41, 5.74) is 1.22. The maximum Gasteiger partial charge on any atom is 0.419 e. The van der Waals surface area contributed by atoms with E-state index in [4.69, 9.17) is 9.47 Å². The van der Waals surface area contributed by atoms with Gasteiger partial charge in [-0.1, -0.05) is 42.5 Å². The molecule has 0 radical (unpaired) electrons. The summed E-state index contributed by atoms with van der Waals surface area (Å²) in [6.07, 6.45) is -1.45. The topological polar surface area (TPSA) is 77.8 Å². The summed E-state index contributed by atoms with van der Waals surface area (Å²) in [6.45, 7) is 10.5. The van der Waals surface area contributed by atoms with E-state index in [-0.39, 0.29) is 12.2 Å². The lowest BCUT2D eigenvalue weighted by molar-refractivity contribution is 0.0220. The van der Waals surface area contributed by atoms with Crippen LogP contribution in [0.4, 0.5) is 9.59 Å². The molecule has 0 fully saturated rings. The molecular weight excluding hydrogens is 420 g/mol. The Hall–Kier alpha value is -3.61. The highest BCUT2D eigenvalue weighted by Crippen LogP contribution is 2.40. The summed E-state index contributed by atoms with van der Waals surface area (Å²) in [7, 11) is 0. The largest absolute Gasteiger partial charge is 0.443 e. The van der Waals surface area contributed by atoms with E-state index in [0.29, 0.717) is 11.1 Å². The van der Waals surface area contributed by atoms with Crippen LogP contribution in [0.15, 0.2) is 48.5 Å². The zero-order valence-corrected chi connectivity index (χ0v) is 19.8. The number of carbonyl (C=O) groups is 3. The second-order valence-electron chi connectivity index (χ2n) is 10.1. The lowest BCUT2D eigenvalue weighted by atomic mass is 9.98. The van der Waals surface area contributed by atoms with Gasteiger partial charge >= 0.3 is 12.2 Å². The lowest BCUT2D eigenvalue weighted by Crippen LogP contribution is -2.41. The highest BCUT2D eigenvalue weighted by Gasteiger charge is 2.38. The average Bonchev–Trinajstić information content (AvgIpc) is 2.98. The van der Waals surface area contributed by atoms with Crippen molar-refractivity contribution >= 4 is 29.0 Å². The van der Waals surface area contributed by atoms with Crippen LogP contribution in [-0.2, 0) is 16.0 Å². The number of nitrogens with zero attached hydrogens (tertiary/aromatic N) is 2. The highest BCUT2D eigenvalue weighted by molar-refractivity contribution is 6.17. The summed E-state index contributed by atoms with van der Waals surface area (Å²) in [5.74, 6) is -0.613. The Kier molecular flexibility index (Phi) is 5.31. The van der Waals surface area contributed by atoms with Gasteiger partial charge in [-0.15, -0.1) is 0 Å². The zero-order chi connectivity index (χ0) is 24.1. The Morgan fingerprint density at radius 2 is 1.39 bits per heavy atom. The molecule has 33 heavy (non-hydrogen) atoms. The molecule has 2 heterocycles. The molecule has 0 atom stereocenters. The molecule has 1 aliphatic heterocycles. The van der Waals surface area contributed by atoms with Crippen molar-refractivity contribution in [3.05, 3.63) is 59.8 Å². The number of amides is 2. The van der Waals surface area contributed by atoms with Crippen molar-refractivity contribution in [3.8, 4) is 11.1 Å². The number of hydrogen-bond donors (Lipinski definition) is 0. The predicted octanol–water partition coefficient (Wildman–Crippen LogP) is 5.98. The summed E-state index contributed by atoms with van der Waals surface area (Å²) < 4.78 is 12.5. The molecule has 7 heteroatoms. The van der Waals surface area contributed by atoms with Crippen LogP contribution < -0.4 is 0 Å². The van der Waals surface area contributed by atoms with Gasteiger partial charge in [0.05, 0.1) is 12.1 Å². The van der Waals surface area contributed by atoms with E-state index in [1.165, 1.54) is 4.57 Å². The van der Waals surface area contributed by atoms with Gasteiger partial charge in [0.1, 0.15) is 16.9 Å². The van der Waals surface area contributed by atoms with Crippen LogP contribution in [-0.4, -0.2) is 38.8 Å². The SMILES string of the molecule is CC(C)(C)OC(=O)N1Cc2ccccc2-c2c(n(C(=O)OC(C)(C)C)c3ccccc23)C1=O. The number of fused-ring (bicyclic) bond motifs is 5. The average molecular weight is 449 g/mol. The van der Waals surface area contributed by atoms with Crippen LogP contribution in [0.3, 0.4) is 0 Å². The second kappa shape index (κ2) is 7.76. The number of hydrogen-bond acceptors (Lipinski definition) is 5. The van der Waals surface area contributed by atoms with Gasteiger partial charge in [0, 0.05) is 10.9 Å². The van der Waals surface area contributed by atoms with E-state index < -0.39 is 29.3 Å². The molecule has 0 saturated carbocycles. The van der Waals surface area contributed by atoms with E-state index in [2.05, 4.69) is 0 Å². The molecule has 0 unspecified atom stereocenters. The maximum atomic E-state index is 13.9. The standard InChI is InChI=1S/C26H28N2O5/c1-25(2,3)32-23(30)27-15-16-11-7-8-12-17(16)20-18-13-9-10-14-19(18)28(21(20)22(27)29)24(31)33-26(4,5)6/h7-14H,15H2,1-6H3. The molecule has 1 aromatic heterocycles. The fourth-order valence-corrected chi connectivity index (χ4v) is 3.95. The van der Waals surface area contributed by atoms with E-state index >= 15 is 0 Å². The molecule has 0 N–H and O–H groups in total. The Bertz CT molecular complexity index is 1270. The van der Waals surface area contributed by atoms with E-state index in [1.54, 1.807) is 53.7 Å². The fourth-order valence-electron chi connectivity index (χ4n) is 3.95. The summed E-state index contributed by atoms with van der Waals surface area (Å²) >= 11 is 0. The summed E-state index contributed by atoms with van der Waals surface area (Å²) in [6, 6.07) is 14.8. The first-order valence-corrected chi connectivity index (χ1v) is 10.9. The Labute approximate surface area is 192 Å². The maximum absolute atomic E-state index is 13.9. The Morgan fingerprint density at radius 3 is 2.06 bits per heavy atom. The van der Waals surface area contributed by atoms with Crippen LogP contribution in [0.25, 0.3) is 22.0 Å². The minimum absolute atomic E-state index is 0.0290. The second-order valence-corrected chi connectivity index (χ2v) is 10.1. The third kappa shape index (κ3) is 4.23. The van der Waals surface area contributed by atoms with E-state index in [1.807, 2.05) is 36.4 Å². The van der Waals surface area contributed by atoms with Gasteiger partial charge in [-0.2, -0.15) is 0 Å². The third-order valence-corrected chi connectivity index (χ3v) is 5.13. The first-order chi connectivity index (χ1) is 15.4. The minimum Gasteiger partial charge on any atom is -0.443 e. The molecule has 7 nitrogen and oxygen atoms in total. The third-order valence-electron chi connectivity index (χ3n) is 5.13. The molecule has 172 valence electrons. The van der Waals surface area contributed by atoms with Crippen molar-refractivity contribution in [2.75, 3.05) is 0 Å². The first kappa shape index (κ1) is 22.6. The molecule has 2 aromatic carbocycles. The highest BCUT2D eigenvalue weighted by atomic mass is 16.6. The normalized spacial score (nSPS) is 13.9. The number of rotatable bonds is 0. The number of carbonyl (C=O) groups excluding carboxylic acids is 3. The molecule has 2 amide bonds. The first-order valence-electron chi connectivity index (χ1n) is 10.9. The summed E-state index contributed by atoms with van der Waals surface area (Å²) in [5, 5.41) is 0.727. The van der Waals surface area contributed by atoms with Crippen molar-refractivity contribution in [1.29, 1.82) is 0 Å². The van der Waals surface area contributed by atoms with Gasteiger partial charge in [-0.25, -0.2) is 19.1 Å². The molecule has 3 aromatic rings. The number of aromatic nitrogens is 1. The zero-order valence-electron chi connectivity index (χ0n) is 19.8. The monoisotopic (exact) mass is 448 g/mol. The molecular formula is C26H28N2O5. The predicted molar refractivity (Wildman–Crippen MR) is 125 cm³/mol. The number of para-hydroxylation sites is 1. The van der Waals surface area contributed by atoms with Gasteiger partial charge < -0.3 is 9.47 Å². The Morgan fingerprint density at radius 1 is 0.818 bits per heavy atom. The van der Waals surface area contributed by atoms with Crippen LogP contribution in [0, 0.1) is 0 Å².